The molecule has 0 saturated heterocycles. The van der Waals surface area contributed by atoms with Crippen molar-refractivity contribution in [1.29, 1.82) is 0 Å². The molecule has 1 aromatic rings. The molecule has 0 aliphatic heterocycles. The highest BCUT2D eigenvalue weighted by atomic mass is 15.1. The second-order valence-corrected chi connectivity index (χ2v) is 5.55. The van der Waals surface area contributed by atoms with Gasteiger partial charge in [0.1, 0.15) is 11.5 Å². The van der Waals surface area contributed by atoms with Crippen LogP contribution in [0, 0.1) is 6.92 Å². The average molecular weight is 326 g/mol. The zero-order valence-electron chi connectivity index (χ0n) is 15.7. The number of aliphatic imine (C=N–C) groups is 1. The van der Waals surface area contributed by atoms with Gasteiger partial charge in [-0.25, -0.2) is 9.97 Å². The lowest BCUT2D eigenvalue weighted by Crippen LogP contribution is -2.09. The normalized spacial score (nSPS) is 12.3. The number of nitrogens with one attached hydrogen (secondary N) is 1. The number of hydrogen-bond acceptors (Lipinski definition) is 4. The van der Waals surface area contributed by atoms with E-state index in [9.17, 15) is 0 Å². The summed E-state index contributed by atoms with van der Waals surface area (Å²) in [6.07, 6.45) is 10.9. The molecule has 130 valence electrons. The van der Waals surface area contributed by atoms with Crippen LogP contribution in [0.15, 0.2) is 40.9 Å². The van der Waals surface area contributed by atoms with Crippen molar-refractivity contribution in [3.05, 3.63) is 47.5 Å². The minimum absolute atomic E-state index is 0.702. The van der Waals surface area contributed by atoms with Crippen molar-refractivity contribution in [3.8, 4) is 0 Å². The molecule has 4 heteroatoms. The molecule has 24 heavy (non-hydrogen) atoms. The average Bonchev–Trinajstić information content (AvgIpc) is 2.59. The summed E-state index contributed by atoms with van der Waals surface area (Å²) in [5.41, 5.74) is 4.05. The van der Waals surface area contributed by atoms with Gasteiger partial charge in [-0.1, -0.05) is 51.2 Å². The van der Waals surface area contributed by atoms with Crippen LogP contribution in [0.3, 0.4) is 0 Å². The van der Waals surface area contributed by atoms with Gasteiger partial charge >= 0.3 is 0 Å². The van der Waals surface area contributed by atoms with E-state index in [4.69, 9.17) is 0 Å². The number of hydrogen-bond donors (Lipinski definition) is 1. The van der Waals surface area contributed by atoms with Crippen LogP contribution in [0.5, 0.6) is 0 Å². The first-order chi connectivity index (χ1) is 11.5. The summed E-state index contributed by atoms with van der Waals surface area (Å²) in [5, 5.41) is 3.43. The molecule has 0 aromatic carbocycles. The van der Waals surface area contributed by atoms with E-state index in [-0.39, 0.29) is 0 Å². The van der Waals surface area contributed by atoms with Crippen LogP contribution in [0.4, 0.5) is 11.5 Å². The van der Waals surface area contributed by atoms with Gasteiger partial charge in [-0.2, -0.15) is 0 Å². The Balaban J connectivity index is 3.01. The third-order valence-electron chi connectivity index (χ3n) is 3.59. The molecule has 0 amide bonds. The molecule has 0 atom stereocenters. The maximum absolute atomic E-state index is 4.61. The van der Waals surface area contributed by atoms with E-state index in [2.05, 4.69) is 65.9 Å². The summed E-state index contributed by atoms with van der Waals surface area (Å²) >= 11 is 0. The van der Waals surface area contributed by atoms with Gasteiger partial charge in [0.05, 0.1) is 5.69 Å². The molecule has 0 bridgehead atoms. The first-order valence-corrected chi connectivity index (χ1v) is 8.70. The zero-order valence-corrected chi connectivity index (χ0v) is 15.7. The van der Waals surface area contributed by atoms with Crippen molar-refractivity contribution >= 4 is 17.7 Å². The molecule has 0 saturated carbocycles. The molecule has 0 unspecified atom stereocenters. The van der Waals surface area contributed by atoms with Crippen molar-refractivity contribution in [2.75, 3.05) is 11.9 Å². The molecule has 0 radical (unpaired) electrons. The number of nitrogens with zero attached hydrogens (tertiary/aromatic N) is 3. The van der Waals surface area contributed by atoms with E-state index in [0.717, 1.165) is 47.9 Å². The van der Waals surface area contributed by atoms with Crippen LogP contribution in [-0.4, -0.2) is 22.7 Å². The maximum Gasteiger partial charge on any atom is 0.156 e. The predicted molar refractivity (Wildman–Crippen MR) is 105 cm³/mol. The SMILES string of the molecule is C=C(/C=C\C(=C/CC)CNc1nc(CC)nc(C)c1N=CC)CC. The summed E-state index contributed by atoms with van der Waals surface area (Å²) in [4.78, 5) is 13.5. The van der Waals surface area contributed by atoms with Crippen molar-refractivity contribution in [1.82, 2.24) is 9.97 Å². The first kappa shape index (κ1) is 19.8. The van der Waals surface area contributed by atoms with Gasteiger partial charge in [-0.15, -0.1) is 0 Å². The van der Waals surface area contributed by atoms with Gasteiger partial charge in [0.25, 0.3) is 0 Å². The largest absolute Gasteiger partial charge is 0.364 e. The Hall–Kier alpha value is -2.23. The van der Waals surface area contributed by atoms with E-state index in [1.165, 1.54) is 5.57 Å². The first-order valence-electron chi connectivity index (χ1n) is 8.70. The fraction of sp³-hybridized carbons (Fsp3) is 0.450. The van der Waals surface area contributed by atoms with Crippen molar-refractivity contribution in [2.45, 2.75) is 53.9 Å². The molecule has 1 heterocycles. The van der Waals surface area contributed by atoms with Gasteiger partial charge < -0.3 is 5.32 Å². The number of aromatic nitrogens is 2. The third-order valence-corrected chi connectivity index (χ3v) is 3.59. The smallest absolute Gasteiger partial charge is 0.156 e. The zero-order chi connectivity index (χ0) is 17.9. The van der Waals surface area contributed by atoms with Crippen LogP contribution in [-0.2, 0) is 6.42 Å². The quantitative estimate of drug-likeness (QED) is 0.492. The van der Waals surface area contributed by atoms with Crippen LogP contribution in [0.1, 0.15) is 52.1 Å². The number of aryl methyl sites for hydroxylation is 2. The molecule has 4 nitrogen and oxygen atoms in total. The third kappa shape index (κ3) is 6.11. The van der Waals surface area contributed by atoms with E-state index in [1.807, 2.05) is 13.8 Å². The molecule has 1 N–H and O–H groups in total. The number of rotatable bonds is 9. The number of allylic oxidation sites excluding steroid dienone is 3. The van der Waals surface area contributed by atoms with Crippen molar-refractivity contribution in [2.24, 2.45) is 4.99 Å². The second kappa shape index (κ2) is 10.5. The molecule has 1 rings (SSSR count). The lowest BCUT2D eigenvalue weighted by atomic mass is 10.1. The second-order valence-electron chi connectivity index (χ2n) is 5.55. The van der Waals surface area contributed by atoms with E-state index in [1.54, 1.807) is 6.21 Å². The number of anilines is 1. The van der Waals surface area contributed by atoms with Gasteiger partial charge in [0.2, 0.25) is 0 Å². The van der Waals surface area contributed by atoms with E-state index >= 15 is 0 Å². The molecule has 0 aliphatic carbocycles. The highest BCUT2D eigenvalue weighted by molar-refractivity contribution is 5.70. The Morgan fingerprint density at radius 2 is 1.96 bits per heavy atom. The molecule has 0 aliphatic rings. The maximum atomic E-state index is 4.61. The predicted octanol–water partition coefficient (Wildman–Crippen LogP) is 5.34. The lowest BCUT2D eigenvalue weighted by molar-refractivity contribution is 0.916. The monoisotopic (exact) mass is 326 g/mol. The Morgan fingerprint density at radius 3 is 2.54 bits per heavy atom. The van der Waals surface area contributed by atoms with Gasteiger partial charge in [-0.3, -0.25) is 4.99 Å². The van der Waals surface area contributed by atoms with Crippen LogP contribution in [0.25, 0.3) is 0 Å². The standard InChI is InChI=1S/C20H30N4/c1-7-11-17(13-12-15(5)8-2)14-22-20-19(21-10-4)16(6)23-18(9-3)24-20/h10-13H,5,7-9,14H2,1-4,6H3,(H,22,23,24)/b13-12-,17-11+,21-10?. The van der Waals surface area contributed by atoms with E-state index < -0.39 is 0 Å². The Kier molecular flexibility index (Phi) is 8.69. The van der Waals surface area contributed by atoms with Crippen molar-refractivity contribution in [3.63, 3.8) is 0 Å². The summed E-state index contributed by atoms with van der Waals surface area (Å²) in [6, 6.07) is 0. The summed E-state index contributed by atoms with van der Waals surface area (Å²) in [7, 11) is 0. The molecule has 0 spiro atoms. The molecule has 0 fully saturated rings. The molecular weight excluding hydrogens is 296 g/mol. The highest BCUT2D eigenvalue weighted by Crippen LogP contribution is 2.26. The van der Waals surface area contributed by atoms with Crippen LogP contribution < -0.4 is 5.32 Å². The Morgan fingerprint density at radius 1 is 1.21 bits per heavy atom. The minimum atomic E-state index is 0.702. The van der Waals surface area contributed by atoms with Crippen molar-refractivity contribution < 1.29 is 0 Å². The topological polar surface area (TPSA) is 50.2 Å². The molecule has 1 aromatic heterocycles. The minimum Gasteiger partial charge on any atom is -0.364 e. The Labute approximate surface area is 146 Å². The molecular formula is C20H30N4. The lowest BCUT2D eigenvalue weighted by Gasteiger charge is -2.12. The van der Waals surface area contributed by atoms with Crippen LogP contribution >= 0.6 is 0 Å². The van der Waals surface area contributed by atoms with E-state index in [0.29, 0.717) is 6.54 Å². The summed E-state index contributed by atoms with van der Waals surface area (Å²) < 4.78 is 0. The van der Waals surface area contributed by atoms with Gasteiger partial charge in [0, 0.05) is 19.2 Å². The fourth-order valence-electron chi connectivity index (χ4n) is 2.18. The fourth-order valence-corrected chi connectivity index (χ4v) is 2.18. The van der Waals surface area contributed by atoms with Gasteiger partial charge in [-0.05, 0) is 32.3 Å². The van der Waals surface area contributed by atoms with Gasteiger partial charge in [0.15, 0.2) is 5.82 Å². The summed E-state index contributed by atoms with van der Waals surface area (Å²) in [6.45, 7) is 14.9. The summed E-state index contributed by atoms with van der Waals surface area (Å²) in [5.74, 6) is 1.63. The highest BCUT2D eigenvalue weighted by Gasteiger charge is 2.10. The van der Waals surface area contributed by atoms with Crippen LogP contribution in [0.2, 0.25) is 0 Å². The Bertz CT molecular complexity index is 639.